The highest BCUT2D eigenvalue weighted by atomic mass is 16.4. The summed E-state index contributed by atoms with van der Waals surface area (Å²) in [6.07, 6.45) is 3.91. The summed E-state index contributed by atoms with van der Waals surface area (Å²) in [6.45, 7) is 4.52. The van der Waals surface area contributed by atoms with E-state index in [9.17, 15) is 9.59 Å². The molecule has 1 unspecified atom stereocenters. The van der Waals surface area contributed by atoms with Gasteiger partial charge in [-0.25, -0.2) is 4.79 Å². The van der Waals surface area contributed by atoms with Crippen LogP contribution in [0.1, 0.15) is 31.0 Å². The quantitative estimate of drug-likeness (QED) is 0.535. The Morgan fingerprint density at radius 3 is 2.70 bits per heavy atom. The summed E-state index contributed by atoms with van der Waals surface area (Å²) < 4.78 is 0. The van der Waals surface area contributed by atoms with Gasteiger partial charge in [0.25, 0.3) is 0 Å². The van der Waals surface area contributed by atoms with Crippen LogP contribution in [-0.4, -0.2) is 40.4 Å². The fraction of sp³-hybridized carbons (Fsp3) is 0.615. The standard InChI is InChI=1S/C13H22N4O3/c1-9(12(18)19)5-7-15-13(20)14-6-3-4-11-8-16-17-10(11)2/h8-9H,3-7H2,1-2H3,(H,16,17)(H,18,19)(H2,14,15,20). The Kier molecular flexibility index (Phi) is 6.55. The molecule has 1 atom stereocenters. The van der Waals surface area contributed by atoms with Gasteiger partial charge in [-0.05, 0) is 31.7 Å². The van der Waals surface area contributed by atoms with E-state index >= 15 is 0 Å². The van der Waals surface area contributed by atoms with Crippen molar-refractivity contribution in [2.45, 2.75) is 33.1 Å². The molecule has 0 bridgehead atoms. The van der Waals surface area contributed by atoms with Crippen LogP contribution in [0.3, 0.4) is 0 Å². The van der Waals surface area contributed by atoms with Crippen LogP contribution in [0, 0.1) is 12.8 Å². The van der Waals surface area contributed by atoms with Gasteiger partial charge >= 0.3 is 12.0 Å². The number of hydrogen-bond donors (Lipinski definition) is 4. The van der Waals surface area contributed by atoms with Gasteiger partial charge in [-0.1, -0.05) is 6.92 Å². The van der Waals surface area contributed by atoms with E-state index in [4.69, 9.17) is 5.11 Å². The number of nitrogens with one attached hydrogen (secondary N) is 3. The SMILES string of the molecule is Cc1[nH]ncc1CCCNC(=O)NCCC(C)C(=O)O. The number of carbonyl (C=O) groups excluding carboxylic acids is 1. The fourth-order valence-corrected chi connectivity index (χ4v) is 1.70. The summed E-state index contributed by atoms with van der Waals surface area (Å²) >= 11 is 0. The van der Waals surface area contributed by atoms with Gasteiger partial charge in [0.1, 0.15) is 0 Å². The van der Waals surface area contributed by atoms with E-state index in [1.54, 1.807) is 13.1 Å². The Morgan fingerprint density at radius 2 is 2.10 bits per heavy atom. The van der Waals surface area contributed by atoms with Crippen LogP contribution in [0.25, 0.3) is 0 Å². The van der Waals surface area contributed by atoms with Crippen molar-refractivity contribution in [3.05, 3.63) is 17.5 Å². The first kappa shape index (κ1) is 16.0. The van der Waals surface area contributed by atoms with Crippen LogP contribution in [0.15, 0.2) is 6.20 Å². The van der Waals surface area contributed by atoms with Crippen molar-refractivity contribution in [2.75, 3.05) is 13.1 Å². The molecule has 112 valence electrons. The first-order chi connectivity index (χ1) is 9.50. The maximum Gasteiger partial charge on any atom is 0.314 e. The van der Waals surface area contributed by atoms with Gasteiger partial charge in [-0.3, -0.25) is 9.89 Å². The van der Waals surface area contributed by atoms with E-state index in [1.165, 1.54) is 0 Å². The monoisotopic (exact) mass is 282 g/mol. The summed E-state index contributed by atoms with van der Waals surface area (Å²) in [5, 5.41) is 20.9. The molecule has 4 N–H and O–H groups in total. The zero-order chi connectivity index (χ0) is 15.0. The number of nitrogens with zero attached hydrogens (tertiary/aromatic N) is 1. The van der Waals surface area contributed by atoms with E-state index < -0.39 is 11.9 Å². The smallest absolute Gasteiger partial charge is 0.314 e. The molecule has 0 spiro atoms. The number of aliphatic carboxylic acids is 1. The molecule has 7 heteroatoms. The average Bonchev–Trinajstić information content (AvgIpc) is 2.80. The first-order valence-electron chi connectivity index (χ1n) is 6.74. The lowest BCUT2D eigenvalue weighted by Gasteiger charge is -2.09. The van der Waals surface area contributed by atoms with Crippen molar-refractivity contribution < 1.29 is 14.7 Å². The Balaban J connectivity index is 2.06. The molecule has 0 saturated carbocycles. The highest BCUT2D eigenvalue weighted by Crippen LogP contribution is 2.04. The summed E-state index contributed by atoms with van der Waals surface area (Å²) in [4.78, 5) is 22.0. The summed E-state index contributed by atoms with van der Waals surface area (Å²) in [6, 6.07) is -0.258. The van der Waals surface area contributed by atoms with Gasteiger partial charge in [0.05, 0.1) is 12.1 Å². The Morgan fingerprint density at radius 1 is 1.40 bits per heavy atom. The number of urea groups is 1. The molecule has 2 amide bonds. The van der Waals surface area contributed by atoms with Gasteiger partial charge in [0.15, 0.2) is 0 Å². The minimum atomic E-state index is -0.845. The number of carboxylic acids is 1. The number of H-pyrrole nitrogens is 1. The maximum atomic E-state index is 11.4. The van der Waals surface area contributed by atoms with Crippen LogP contribution < -0.4 is 10.6 Å². The predicted molar refractivity (Wildman–Crippen MR) is 74.5 cm³/mol. The Bertz CT molecular complexity index is 445. The number of rotatable bonds is 8. The van der Waals surface area contributed by atoms with Crippen molar-refractivity contribution in [1.82, 2.24) is 20.8 Å². The third-order valence-corrected chi connectivity index (χ3v) is 3.13. The summed E-state index contributed by atoms with van der Waals surface area (Å²) in [5.74, 6) is -1.29. The van der Waals surface area contributed by atoms with Crippen molar-refractivity contribution >= 4 is 12.0 Å². The van der Waals surface area contributed by atoms with E-state index in [0.717, 1.165) is 24.1 Å². The second kappa shape index (κ2) is 8.19. The van der Waals surface area contributed by atoms with Crippen molar-refractivity contribution in [2.24, 2.45) is 5.92 Å². The molecule has 0 radical (unpaired) electrons. The Hall–Kier alpha value is -2.05. The molecule has 0 aliphatic rings. The lowest BCUT2D eigenvalue weighted by atomic mass is 10.1. The summed E-state index contributed by atoms with van der Waals surface area (Å²) in [7, 11) is 0. The molecule has 1 heterocycles. The van der Waals surface area contributed by atoms with E-state index in [1.807, 2.05) is 6.92 Å². The molecule has 0 aliphatic carbocycles. The van der Waals surface area contributed by atoms with E-state index in [2.05, 4.69) is 20.8 Å². The van der Waals surface area contributed by atoms with E-state index in [-0.39, 0.29) is 6.03 Å². The van der Waals surface area contributed by atoms with Gasteiger partial charge in [-0.15, -0.1) is 0 Å². The summed E-state index contributed by atoms with van der Waals surface area (Å²) in [5.41, 5.74) is 2.21. The molecular formula is C13H22N4O3. The normalized spacial score (nSPS) is 11.9. The highest BCUT2D eigenvalue weighted by Gasteiger charge is 2.10. The van der Waals surface area contributed by atoms with E-state index in [0.29, 0.717) is 19.5 Å². The number of aryl methyl sites for hydroxylation is 2. The topological polar surface area (TPSA) is 107 Å². The fourth-order valence-electron chi connectivity index (χ4n) is 1.70. The third kappa shape index (κ3) is 5.73. The molecule has 0 aliphatic heterocycles. The van der Waals surface area contributed by atoms with Gasteiger partial charge in [0, 0.05) is 18.8 Å². The van der Waals surface area contributed by atoms with Gasteiger partial charge in [0.2, 0.25) is 0 Å². The lowest BCUT2D eigenvalue weighted by Crippen LogP contribution is -2.37. The van der Waals surface area contributed by atoms with Crippen LogP contribution >= 0.6 is 0 Å². The molecule has 0 fully saturated rings. The molecule has 1 aromatic rings. The number of carboxylic acid groups (broad SMARTS) is 1. The van der Waals surface area contributed by atoms with Crippen LogP contribution in [0.5, 0.6) is 0 Å². The number of carbonyl (C=O) groups is 2. The predicted octanol–water partition coefficient (Wildman–Crippen LogP) is 1.06. The van der Waals surface area contributed by atoms with Crippen LogP contribution in [0.4, 0.5) is 4.79 Å². The number of aromatic amines is 1. The molecule has 1 aromatic heterocycles. The minimum Gasteiger partial charge on any atom is -0.481 e. The van der Waals surface area contributed by atoms with Crippen LogP contribution in [-0.2, 0) is 11.2 Å². The van der Waals surface area contributed by atoms with Crippen molar-refractivity contribution in [3.63, 3.8) is 0 Å². The molecule has 0 saturated heterocycles. The minimum absolute atomic E-state index is 0.258. The zero-order valence-corrected chi connectivity index (χ0v) is 11.9. The molecule has 20 heavy (non-hydrogen) atoms. The molecule has 0 aromatic carbocycles. The maximum absolute atomic E-state index is 11.4. The highest BCUT2D eigenvalue weighted by molar-refractivity contribution is 5.74. The second-order valence-electron chi connectivity index (χ2n) is 4.83. The average molecular weight is 282 g/mol. The largest absolute Gasteiger partial charge is 0.481 e. The van der Waals surface area contributed by atoms with Gasteiger partial charge in [-0.2, -0.15) is 5.10 Å². The Labute approximate surface area is 118 Å². The molecule has 1 rings (SSSR count). The van der Waals surface area contributed by atoms with Crippen LogP contribution in [0.2, 0.25) is 0 Å². The lowest BCUT2D eigenvalue weighted by molar-refractivity contribution is -0.141. The molecule has 7 nitrogen and oxygen atoms in total. The number of amides is 2. The van der Waals surface area contributed by atoms with Gasteiger partial charge < -0.3 is 15.7 Å². The number of aromatic nitrogens is 2. The molecular weight excluding hydrogens is 260 g/mol. The third-order valence-electron chi connectivity index (χ3n) is 3.13. The second-order valence-corrected chi connectivity index (χ2v) is 4.83. The van der Waals surface area contributed by atoms with Crippen molar-refractivity contribution in [1.29, 1.82) is 0 Å². The van der Waals surface area contributed by atoms with Crippen molar-refractivity contribution in [3.8, 4) is 0 Å². The zero-order valence-electron chi connectivity index (χ0n) is 11.9. The number of hydrogen-bond acceptors (Lipinski definition) is 3. The first-order valence-corrected chi connectivity index (χ1v) is 6.74.